The van der Waals surface area contributed by atoms with Crippen molar-refractivity contribution in [3.8, 4) is 0 Å². The Bertz CT molecular complexity index is 662. The standard InChI is InChI=1S/C15H24N4O3S/c1-4-11(3)18-15(20)13-8-14(17-10-16-13)19(5-2)12-6-7-23(21,22)9-12/h8,10-12H,4-7,9H2,1-3H3,(H,18,20). The predicted molar refractivity (Wildman–Crippen MR) is 89.3 cm³/mol. The van der Waals surface area contributed by atoms with Gasteiger partial charge in [-0.05, 0) is 26.7 Å². The summed E-state index contributed by atoms with van der Waals surface area (Å²) in [5.74, 6) is 0.705. The Kier molecular flexibility index (Phi) is 5.56. The van der Waals surface area contributed by atoms with Gasteiger partial charge in [0.15, 0.2) is 9.84 Å². The van der Waals surface area contributed by atoms with Gasteiger partial charge in [0.2, 0.25) is 0 Å². The van der Waals surface area contributed by atoms with Crippen LogP contribution in [0.2, 0.25) is 0 Å². The van der Waals surface area contributed by atoms with Gasteiger partial charge in [-0.1, -0.05) is 6.92 Å². The second kappa shape index (κ2) is 7.25. The molecule has 1 aliphatic heterocycles. The van der Waals surface area contributed by atoms with Crippen molar-refractivity contribution in [2.45, 2.75) is 45.7 Å². The summed E-state index contributed by atoms with van der Waals surface area (Å²) in [7, 11) is -2.97. The molecule has 8 heteroatoms. The Morgan fingerprint density at radius 2 is 2.17 bits per heavy atom. The van der Waals surface area contributed by atoms with Crippen molar-refractivity contribution < 1.29 is 13.2 Å². The van der Waals surface area contributed by atoms with Crippen LogP contribution in [0.3, 0.4) is 0 Å². The first-order chi connectivity index (χ1) is 10.9. The number of carbonyl (C=O) groups excluding carboxylic acids is 1. The second-order valence-electron chi connectivity index (χ2n) is 5.89. The molecule has 7 nitrogen and oxygen atoms in total. The minimum absolute atomic E-state index is 0.0724. The van der Waals surface area contributed by atoms with Gasteiger partial charge in [-0.3, -0.25) is 4.79 Å². The summed E-state index contributed by atoms with van der Waals surface area (Å²) in [5, 5.41) is 2.87. The molecule has 1 amide bonds. The third-order valence-corrected chi connectivity index (χ3v) is 5.91. The Labute approximate surface area is 137 Å². The number of hydrogen-bond acceptors (Lipinski definition) is 6. The lowest BCUT2D eigenvalue weighted by molar-refractivity contribution is 0.0934. The van der Waals surface area contributed by atoms with Crippen LogP contribution < -0.4 is 10.2 Å². The minimum Gasteiger partial charge on any atom is -0.353 e. The number of nitrogens with zero attached hydrogens (tertiary/aromatic N) is 3. The van der Waals surface area contributed by atoms with Gasteiger partial charge < -0.3 is 10.2 Å². The summed E-state index contributed by atoms with van der Waals surface area (Å²) in [6, 6.07) is 1.61. The lowest BCUT2D eigenvalue weighted by Gasteiger charge is -2.28. The van der Waals surface area contributed by atoms with Gasteiger partial charge in [-0.2, -0.15) is 0 Å². The molecule has 1 aliphatic rings. The Morgan fingerprint density at radius 3 is 2.74 bits per heavy atom. The molecule has 0 aromatic carbocycles. The summed E-state index contributed by atoms with van der Waals surface area (Å²) >= 11 is 0. The molecule has 2 heterocycles. The molecule has 2 atom stereocenters. The van der Waals surface area contributed by atoms with Gasteiger partial charge in [0, 0.05) is 24.7 Å². The second-order valence-corrected chi connectivity index (χ2v) is 8.12. The zero-order chi connectivity index (χ0) is 17.0. The van der Waals surface area contributed by atoms with E-state index in [1.54, 1.807) is 6.07 Å². The predicted octanol–water partition coefficient (Wildman–Crippen LogP) is 1.02. The van der Waals surface area contributed by atoms with E-state index in [0.717, 1.165) is 6.42 Å². The molecule has 2 rings (SSSR count). The number of anilines is 1. The Balaban J connectivity index is 2.19. The number of rotatable bonds is 6. The number of hydrogen-bond donors (Lipinski definition) is 1. The maximum absolute atomic E-state index is 12.2. The van der Waals surface area contributed by atoms with Crippen LogP contribution >= 0.6 is 0 Å². The fourth-order valence-corrected chi connectivity index (χ4v) is 4.39. The lowest BCUT2D eigenvalue weighted by Crippen LogP contribution is -2.37. The van der Waals surface area contributed by atoms with Crippen molar-refractivity contribution in [1.82, 2.24) is 15.3 Å². The molecule has 1 aromatic heterocycles. The van der Waals surface area contributed by atoms with Gasteiger partial charge >= 0.3 is 0 Å². The van der Waals surface area contributed by atoms with Crippen LogP contribution in [0.1, 0.15) is 44.1 Å². The van der Waals surface area contributed by atoms with Crippen molar-refractivity contribution in [3.05, 3.63) is 18.1 Å². The molecule has 0 bridgehead atoms. The number of carbonyl (C=O) groups is 1. The van der Waals surface area contributed by atoms with Crippen LogP contribution in [0, 0.1) is 0 Å². The molecule has 0 aliphatic carbocycles. The summed E-state index contributed by atoms with van der Waals surface area (Å²) in [5.41, 5.74) is 0.301. The average molecular weight is 340 g/mol. The van der Waals surface area contributed by atoms with Crippen molar-refractivity contribution in [2.24, 2.45) is 0 Å². The minimum atomic E-state index is -2.97. The smallest absolute Gasteiger partial charge is 0.270 e. The zero-order valence-corrected chi connectivity index (χ0v) is 14.6. The largest absolute Gasteiger partial charge is 0.353 e. The molecule has 2 unspecified atom stereocenters. The first-order valence-corrected chi connectivity index (χ1v) is 9.78. The van der Waals surface area contributed by atoms with Crippen LogP contribution in [0.4, 0.5) is 5.82 Å². The maximum Gasteiger partial charge on any atom is 0.270 e. The zero-order valence-electron chi connectivity index (χ0n) is 13.8. The Hall–Kier alpha value is -1.70. The van der Waals surface area contributed by atoms with E-state index in [2.05, 4.69) is 15.3 Å². The Morgan fingerprint density at radius 1 is 1.43 bits per heavy atom. The fraction of sp³-hybridized carbons (Fsp3) is 0.667. The molecule has 128 valence electrons. The van der Waals surface area contributed by atoms with Crippen LogP contribution in [0.25, 0.3) is 0 Å². The van der Waals surface area contributed by atoms with Crippen LogP contribution in [-0.2, 0) is 9.84 Å². The van der Waals surface area contributed by atoms with E-state index in [1.807, 2.05) is 25.7 Å². The lowest BCUT2D eigenvalue weighted by atomic mass is 10.2. The molecule has 1 aromatic rings. The van der Waals surface area contributed by atoms with E-state index in [9.17, 15) is 13.2 Å². The van der Waals surface area contributed by atoms with Crippen molar-refractivity contribution in [1.29, 1.82) is 0 Å². The maximum atomic E-state index is 12.2. The third kappa shape index (κ3) is 4.40. The molecule has 0 saturated carbocycles. The van der Waals surface area contributed by atoms with Crippen LogP contribution in [0.5, 0.6) is 0 Å². The number of nitrogens with one attached hydrogen (secondary N) is 1. The van der Waals surface area contributed by atoms with Gasteiger partial charge in [0.1, 0.15) is 17.8 Å². The van der Waals surface area contributed by atoms with E-state index in [4.69, 9.17) is 0 Å². The van der Waals surface area contributed by atoms with E-state index in [0.29, 0.717) is 24.5 Å². The summed E-state index contributed by atoms with van der Waals surface area (Å²) in [6.45, 7) is 6.51. The van der Waals surface area contributed by atoms with Gasteiger partial charge in [-0.15, -0.1) is 0 Å². The van der Waals surface area contributed by atoms with Gasteiger partial charge in [-0.25, -0.2) is 18.4 Å². The van der Waals surface area contributed by atoms with Crippen molar-refractivity contribution >= 4 is 21.6 Å². The highest BCUT2D eigenvalue weighted by atomic mass is 32.2. The fourth-order valence-electron chi connectivity index (χ4n) is 2.66. The van der Waals surface area contributed by atoms with Gasteiger partial charge in [0.25, 0.3) is 5.91 Å². The molecule has 1 saturated heterocycles. The summed E-state index contributed by atoms with van der Waals surface area (Å²) in [4.78, 5) is 22.4. The normalized spacial score (nSPS) is 20.9. The highest BCUT2D eigenvalue weighted by Crippen LogP contribution is 2.22. The topological polar surface area (TPSA) is 92.3 Å². The molecule has 1 fully saturated rings. The number of aromatic nitrogens is 2. The van der Waals surface area contributed by atoms with Gasteiger partial charge in [0.05, 0.1) is 11.5 Å². The molecule has 23 heavy (non-hydrogen) atoms. The molecule has 0 spiro atoms. The van der Waals surface area contributed by atoms with Crippen molar-refractivity contribution in [2.75, 3.05) is 23.0 Å². The summed E-state index contributed by atoms with van der Waals surface area (Å²) in [6.07, 6.45) is 2.78. The quantitative estimate of drug-likeness (QED) is 0.831. The number of amides is 1. The highest BCUT2D eigenvalue weighted by molar-refractivity contribution is 7.91. The monoisotopic (exact) mass is 340 g/mol. The van der Waals surface area contributed by atoms with E-state index in [1.165, 1.54) is 6.33 Å². The molecular weight excluding hydrogens is 316 g/mol. The first kappa shape index (κ1) is 17.7. The molecule has 1 N–H and O–H groups in total. The SMILES string of the molecule is CCC(C)NC(=O)c1cc(N(CC)C2CCS(=O)(=O)C2)ncn1. The van der Waals surface area contributed by atoms with E-state index < -0.39 is 9.84 Å². The first-order valence-electron chi connectivity index (χ1n) is 7.96. The van der Waals surface area contributed by atoms with Crippen LogP contribution in [-0.4, -0.2) is 54.4 Å². The molecular formula is C15H24N4O3S. The highest BCUT2D eigenvalue weighted by Gasteiger charge is 2.32. The number of sulfone groups is 1. The van der Waals surface area contributed by atoms with Crippen molar-refractivity contribution in [3.63, 3.8) is 0 Å². The van der Waals surface area contributed by atoms with E-state index >= 15 is 0 Å². The molecule has 0 radical (unpaired) electrons. The average Bonchev–Trinajstić information content (AvgIpc) is 2.88. The van der Waals surface area contributed by atoms with Crippen LogP contribution in [0.15, 0.2) is 12.4 Å². The third-order valence-electron chi connectivity index (χ3n) is 4.16. The summed E-state index contributed by atoms with van der Waals surface area (Å²) < 4.78 is 23.4. The van der Waals surface area contributed by atoms with E-state index in [-0.39, 0.29) is 29.5 Å².